The molecule has 1 aromatic rings. The van der Waals surface area contributed by atoms with Crippen molar-refractivity contribution in [3.05, 3.63) is 29.3 Å². The minimum Gasteiger partial charge on any atom is -0.497 e. The van der Waals surface area contributed by atoms with Crippen LogP contribution in [0, 0.1) is 0 Å². The fourth-order valence-corrected chi connectivity index (χ4v) is 4.83. The van der Waals surface area contributed by atoms with Crippen molar-refractivity contribution in [2.75, 3.05) is 39.9 Å². The van der Waals surface area contributed by atoms with Crippen molar-refractivity contribution in [2.45, 2.75) is 50.7 Å². The van der Waals surface area contributed by atoms with Crippen molar-refractivity contribution in [1.29, 1.82) is 0 Å². The molecule has 3 aliphatic rings. The molecule has 1 aromatic carbocycles. The molecule has 0 aromatic heterocycles. The standard InChI is InChI=1S/C21H30N2O3/c1-16(20(24)23-10-3-4-11-23)22-12-8-21(9-13-22)19-6-5-18(25-2)15-17(19)7-14-26-21/h5-6,15-16H,3-4,7-14H2,1-2H3. The minimum atomic E-state index is -0.188. The Labute approximate surface area is 156 Å². The summed E-state index contributed by atoms with van der Waals surface area (Å²) in [7, 11) is 1.72. The largest absolute Gasteiger partial charge is 0.497 e. The van der Waals surface area contributed by atoms with Crippen LogP contribution in [-0.4, -0.2) is 61.6 Å². The van der Waals surface area contributed by atoms with E-state index in [0.29, 0.717) is 5.91 Å². The molecule has 1 amide bonds. The van der Waals surface area contributed by atoms with Crippen LogP contribution in [0.1, 0.15) is 43.7 Å². The molecule has 0 bridgehead atoms. The van der Waals surface area contributed by atoms with Gasteiger partial charge in [-0.05, 0) is 62.3 Å². The second-order valence-corrected chi connectivity index (χ2v) is 7.86. The predicted octanol–water partition coefficient (Wildman–Crippen LogP) is 2.57. The first-order valence-corrected chi connectivity index (χ1v) is 9.97. The van der Waals surface area contributed by atoms with Crippen LogP contribution in [0.25, 0.3) is 0 Å². The molecule has 3 aliphatic heterocycles. The highest BCUT2D eigenvalue weighted by molar-refractivity contribution is 5.81. The number of hydrogen-bond acceptors (Lipinski definition) is 4. The van der Waals surface area contributed by atoms with E-state index in [-0.39, 0.29) is 11.6 Å². The normalized spacial score (nSPS) is 23.7. The maximum Gasteiger partial charge on any atom is 0.239 e. The lowest BCUT2D eigenvalue weighted by Crippen LogP contribution is -2.53. The molecule has 3 heterocycles. The van der Waals surface area contributed by atoms with E-state index in [0.717, 1.165) is 70.6 Å². The molecular weight excluding hydrogens is 328 g/mol. The number of amides is 1. The van der Waals surface area contributed by atoms with Gasteiger partial charge < -0.3 is 14.4 Å². The molecule has 1 unspecified atom stereocenters. The van der Waals surface area contributed by atoms with Crippen LogP contribution in [0.5, 0.6) is 5.75 Å². The number of benzene rings is 1. The highest BCUT2D eigenvalue weighted by Crippen LogP contribution is 2.42. The van der Waals surface area contributed by atoms with E-state index in [4.69, 9.17) is 9.47 Å². The third kappa shape index (κ3) is 3.12. The van der Waals surface area contributed by atoms with Gasteiger partial charge in [-0.1, -0.05) is 6.07 Å². The van der Waals surface area contributed by atoms with Gasteiger partial charge in [0.1, 0.15) is 5.75 Å². The summed E-state index contributed by atoms with van der Waals surface area (Å²) in [5.74, 6) is 1.22. The Bertz CT molecular complexity index is 661. The Hall–Kier alpha value is -1.59. The molecule has 26 heavy (non-hydrogen) atoms. The zero-order valence-corrected chi connectivity index (χ0v) is 16.0. The SMILES string of the molecule is COc1ccc2c(c1)CCOC21CCN(C(C)C(=O)N2CCCC2)CC1. The summed E-state index contributed by atoms with van der Waals surface area (Å²) < 4.78 is 11.7. The molecule has 1 spiro atoms. The molecule has 5 nitrogen and oxygen atoms in total. The summed E-state index contributed by atoms with van der Waals surface area (Å²) in [4.78, 5) is 17.1. The third-order valence-electron chi connectivity index (χ3n) is 6.48. The molecule has 142 valence electrons. The lowest BCUT2D eigenvalue weighted by molar-refractivity contribution is -0.140. The van der Waals surface area contributed by atoms with Crippen molar-refractivity contribution in [1.82, 2.24) is 9.80 Å². The van der Waals surface area contributed by atoms with Gasteiger partial charge in [0.15, 0.2) is 0 Å². The number of carbonyl (C=O) groups is 1. The summed E-state index contributed by atoms with van der Waals surface area (Å²) in [6.45, 7) is 6.51. The van der Waals surface area contributed by atoms with Gasteiger partial charge in [-0.15, -0.1) is 0 Å². The molecule has 4 rings (SSSR count). The Balaban J connectivity index is 1.46. The van der Waals surface area contributed by atoms with Crippen LogP contribution >= 0.6 is 0 Å². The molecule has 0 saturated carbocycles. The predicted molar refractivity (Wildman–Crippen MR) is 100 cm³/mol. The lowest BCUT2D eigenvalue weighted by atomic mass is 9.79. The fraction of sp³-hybridized carbons (Fsp3) is 0.667. The van der Waals surface area contributed by atoms with Crippen molar-refractivity contribution in [2.24, 2.45) is 0 Å². The molecule has 1 atom stereocenters. The maximum absolute atomic E-state index is 12.7. The highest BCUT2D eigenvalue weighted by Gasteiger charge is 2.42. The van der Waals surface area contributed by atoms with E-state index in [2.05, 4.69) is 24.0 Å². The Kier molecular flexibility index (Phi) is 4.93. The van der Waals surface area contributed by atoms with E-state index in [1.165, 1.54) is 11.1 Å². The van der Waals surface area contributed by atoms with E-state index in [1.807, 2.05) is 11.0 Å². The zero-order valence-electron chi connectivity index (χ0n) is 16.0. The summed E-state index contributed by atoms with van der Waals surface area (Å²) in [6.07, 6.45) is 5.14. The summed E-state index contributed by atoms with van der Waals surface area (Å²) in [5, 5.41) is 0. The Morgan fingerprint density at radius 2 is 1.92 bits per heavy atom. The first kappa shape index (κ1) is 17.8. The molecule has 0 aliphatic carbocycles. The van der Waals surface area contributed by atoms with Crippen LogP contribution in [0.4, 0.5) is 0 Å². The van der Waals surface area contributed by atoms with Crippen LogP contribution in [0.3, 0.4) is 0 Å². The van der Waals surface area contributed by atoms with E-state index in [1.54, 1.807) is 7.11 Å². The summed E-state index contributed by atoms with van der Waals surface area (Å²) in [6, 6.07) is 6.36. The topological polar surface area (TPSA) is 42.0 Å². The summed E-state index contributed by atoms with van der Waals surface area (Å²) in [5.41, 5.74) is 2.49. The van der Waals surface area contributed by atoms with Gasteiger partial charge in [0, 0.05) is 26.2 Å². The van der Waals surface area contributed by atoms with Crippen LogP contribution in [0.2, 0.25) is 0 Å². The van der Waals surface area contributed by atoms with Gasteiger partial charge >= 0.3 is 0 Å². The van der Waals surface area contributed by atoms with Crippen LogP contribution in [-0.2, 0) is 21.6 Å². The average Bonchev–Trinajstić information content (AvgIpc) is 3.22. The van der Waals surface area contributed by atoms with Gasteiger partial charge in [-0.3, -0.25) is 9.69 Å². The average molecular weight is 358 g/mol. The number of methoxy groups -OCH3 is 1. The monoisotopic (exact) mass is 358 g/mol. The number of piperidine rings is 1. The lowest BCUT2D eigenvalue weighted by Gasteiger charge is -2.46. The number of hydrogen-bond donors (Lipinski definition) is 0. The number of ether oxygens (including phenoxy) is 2. The second kappa shape index (κ2) is 7.20. The van der Waals surface area contributed by atoms with Gasteiger partial charge in [-0.2, -0.15) is 0 Å². The van der Waals surface area contributed by atoms with Crippen molar-refractivity contribution in [3.63, 3.8) is 0 Å². The second-order valence-electron chi connectivity index (χ2n) is 7.86. The minimum absolute atomic E-state index is 0.0237. The van der Waals surface area contributed by atoms with Gasteiger partial charge in [0.2, 0.25) is 5.91 Å². The van der Waals surface area contributed by atoms with Crippen LogP contribution in [0.15, 0.2) is 18.2 Å². The third-order valence-corrected chi connectivity index (χ3v) is 6.48. The number of carbonyl (C=O) groups excluding carboxylic acids is 1. The Morgan fingerprint density at radius 3 is 2.62 bits per heavy atom. The quantitative estimate of drug-likeness (QED) is 0.833. The van der Waals surface area contributed by atoms with E-state index >= 15 is 0 Å². The molecule has 2 fully saturated rings. The molecule has 0 radical (unpaired) electrons. The maximum atomic E-state index is 12.7. The van der Waals surface area contributed by atoms with E-state index in [9.17, 15) is 4.79 Å². The van der Waals surface area contributed by atoms with Gasteiger partial charge in [0.25, 0.3) is 0 Å². The Morgan fingerprint density at radius 1 is 1.19 bits per heavy atom. The van der Waals surface area contributed by atoms with Crippen molar-refractivity contribution in [3.8, 4) is 5.75 Å². The first-order chi connectivity index (χ1) is 12.6. The number of fused-ring (bicyclic) bond motifs is 2. The zero-order chi connectivity index (χ0) is 18.1. The van der Waals surface area contributed by atoms with E-state index < -0.39 is 0 Å². The summed E-state index contributed by atoms with van der Waals surface area (Å²) >= 11 is 0. The number of rotatable bonds is 3. The van der Waals surface area contributed by atoms with Crippen molar-refractivity contribution >= 4 is 5.91 Å². The van der Waals surface area contributed by atoms with Crippen molar-refractivity contribution < 1.29 is 14.3 Å². The van der Waals surface area contributed by atoms with Gasteiger partial charge in [0.05, 0.1) is 25.4 Å². The van der Waals surface area contributed by atoms with Gasteiger partial charge in [-0.25, -0.2) is 0 Å². The molecule has 5 heteroatoms. The number of likely N-dealkylation sites (tertiary alicyclic amines) is 2. The molecule has 0 N–H and O–H groups in total. The number of nitrogens with zero attached hydrogens (tertiary/aromatic N) is 2. The fourth-order valence-electron chi connectivity index (χ4n) is 4.83. The highest BCUT2D eigenvalue weighted by atomic mass is 16.5. The smallest absolute Gasteiger partial charge is 0.239 e. The first-order valence-electron chi connectivity index (χ1n) is 9.97. The van der Waals surface area contributed by atoms with Crippen LogP contribution < -0.4 is 4.74 Å². The molecule has 2 saturated heterocycles. The molecular formula is C21H30N2O3.